The number of hydrogen-bond donors (Lipinski definition) is 4. The van der Waals surface area contributed by atoms with Crippen LogP contribution in [0.15, 0.2) is 61.1 Å². The molecule has 32 heavy (non-hydrogen) atoms. The second-order valence-electron chi connectivity index (χ2n) is 7.96. The molecule has 3 heterocycles. The predicted octanol–water partition coefficient (Wildman–Crippen LogP) is 3.68. The molecule has 8 nitrogen and oxygen atoms in total. The Morgan fingerprint density at radius 3 is 2.72 bits per heavy atom. The van der Waals surface area contributed by atoms with Gasteiger partial charge >= 0.3 is 0 Å². The van der Waals surface area contributed by atoms with E-state index in [1.54, 1.807) is 12.4 Å². The van der Waals surface area contributed by atoms with Crippen LogP contribution >= 0.6 is 0 Å². The number of nitrogens with zero attached hydrogens (tertiary/aromatic N) is 3. The molecule has 0 aliphatic carbocycles. The molecule has 0 spiro atoms. The number of fused-ring (bicyclic) bond motifs is 2. The first-order valence-corrected chi connectivity index (χ1v) is 10.2. The smallest absolute Gasteiger partial charge is 0.253 e. The third kappa shape index (κ3) is 3.51. The molecule has 0 aliphatic rings. The SMILES string of the molecule is CN(C)c1ccc(CNC(=O)c2cc(-c3c[nH]c4cnc(N)cc34)cc3cn[nH]c23)cc1. The number of H-pyrrole nitrogens is 2. The molecule has 8 heteroatoms. The molecule has 3 aromatic heterocycles. The van der Waals surface area contributed by atoms with Gasteiger partial charge in [-0.3, -0.25) is 9.89 Å². The third-order valence-electron chi connectivity index (χ3n) is 5.60. The van der Waals surface area contributed by atoms with Crippen molar-refractivity contribution in [2.45, 2.75) is 6.54 Å². The highest BCUT2D eigenvalue weighted by Crippen LogP contribution is 2.32. The summed E-state index contributed by atoms with van der Waals surface area (Å²) in [7, 11) is 4.00. The van der Waals surface area contributed by atoms with Gasteiger partial charge in [0.05, 0.1) is 29.0 Å². The average molecular weight is 425 g/mol. The first-order valence-electron chi connectivity index (χ1n) is 10.2. The summed E-state index contributed by atoms with van der Waals surface area (Å²) in [6, 6.07) is 13.8. The van der Waals surface area contributed by atoms with E-state index in [4.69, 9.17) is 5.73 Å². The molecule has 1 amide bonds. The number of nitrogen functional groups attached to an aromatic ring is 1. The molecule has 0 fully saturated rings. The average Bonchev–Trinajstić information content (AvgIpc) is 3.43. The number of pyridine rings is 1. The van der Waals surface area contributed by atoms with Crippen LogP contribution in [0.1, 0.15) is 15.9 Å². The summed E-state index contributed by atoms with van der Waals surface area (Å²) in [5.41, 5.74) is 12.0. The van der Waals surface area contributed by atoms with Crippen LogP contribution in [0.2, 0.25) is 0 Å². The summed E-state index contributed by atoms with van der Waals surface area (Å²) in [5.74, 6) is 0.278. The van der Waals surface area contributed by atoms with Crippen LogP contribution in [0.25, 0.3) is 32.9 Å². The Morgan fingerprint density at radius 1 is 1.12 bits per heavy atom. The van der Waals surface area contributed by atoms with E-state index in [2.05, 4.69) is 25.5 Å². The zero-order chi connectivity index (χ0) is 22.2. The summed E-state index contributed by atoms with van der Waals surface area (Å²) < 4.78 is 0. The molecule has 5 aromatic rings. The summed E-state index contributed by atoms with van der Waals surface area (Å²) in [6.07, 6.45) is 5.33. The van der Waals surface area contributed by atoms with E-state index in [-0.39, 0.29) is 5.91 Å². The number of nitrogens with one attached hydrogen (secondary N) is 3. The number of rotatable bonds is 5. The van der Waals surface area contributed by atoms with E-state index in [1.807, 2.05) is 67.7 Å². The van der Waals surface area contributed by atoms with Crippen molar-refractivity contribution in [1.82, 2.24) is 25.5 Å². The summed E-state index contributed by atoms with van der Waals surface area (Å²) >= 11 is 0. The minimum atomic E-state index is -0.168. The molecule has 0 saturated heterocycles. The van der Waals surface area contributed by atoms with Crippen molar-refractivity contribution < 1.29 is 4.79 Å². The third-order valence-corrected chi connectivity index (χ3v) is 5.60. The van der Waals surface area contributed by atoms with E-state index < -0.39 is 0 Å². The van der Waals surface area contributed by atoms with Crippen LogP contribution in [0.5, 0.6) is 0 Å². The van der Waals surface area contributed by atoms with Gasteiger partial charge in [-0.2, -0.15) is 5.10 Å². The monoisotopic (exact) mass is 425 g/mol. The van der Waals surface area contributed by atoms with E-state index in [0.29, 0.717) is 23.4 Å². The fraction of sp³-hybridized carbons (Fsp3) is 0.125. The number of hydrogen-bond acceptors (Lipinski definition) is 5. The van der Waals surface area contributed by atoms with Gasteiger partial charge in [0.1, 0.15) is 5.82 Å². The Labute approximate surface area is 184 Å². The van der Waals surface area contributed by atoms with Gasteiger partial charge in [-0.1, -0.05) is 12.1 Å². The van der Waals surface area contributed by atoms with Gasteiger partial charge in [-0.05, 0) is 41.5 Å². The summed E-state index contributed by atoms with van der Waals surface area (Å²) in [6.45, 7) is 0.432. The Morgan fingerprint density at radius 2 is 1.94 bits per heavy atom. The Balaban J connectivity index is 1.47. The summed E-state index contributed by atoms with van der Waals surface area (Å²) in [5, 5.41) is 11.9. The minimum Gasteiger partial charge on any atom is -0.384 e. The Kier molecular flexibility index (Phi) is 4.74. The molecule has 5 N–H and O–H groups in total. The van der Waals surface area contributed by atoms with Crippen LogP contribution in [0.4, 0.5) is 11.5 Å². The van der Waals surface area contributed by atoms with Crippen LogP contribution in [-0.4, -0.2) is 40.2 Å². The topological polar surface area (TPSA) is 116 Å². The first-order chi connectivity index (χ1) is 15.5. The molecular formula is C24H23N7O. The van der Waals surface area contributed by atoms with E-state index in [9.17, 15) is 4.79 Å². The van der Waals surface area contributed by atoms with Crippen LogP contribution in [0.3, 0.4) is 0 Å². The van der Waals surface area contributed by atoms with Gasteiger partial charge in [-0.25, -0.2) is 4.98 Å². The fourth-order valence-electron chi connectivity index (χ4n) is 3.86. The maximum Gasteiger partial charge on any atom is 0.253 e. The van der Waals surface area contributed by atoms with Crippen molar-refractivity contribution in [2.24, 2.45) is 0 Å². The minimum absolute atomic E-state index is 0.168. The van der Waals surface area contributed by atoms with Crippen molar-refractivity contribution in [1.29, 1.82) is 0 Å². The maximum absolute atomic E-state index is 13.1. The lowest BCUT2D eigenvalue weighted by molar-refractivity contribution is 0.0952. The number of benzene rings is 2. The molecule has 0 saturated carbocycles. The molecule has 0 atom stereocenters. The Hall–Kier alpha value is -4.33. The molecule has 160 valence electrons. The first kappa shape index (κ1) is 19.6. The number of anilines is 2. The van der Waals surface area contributed by atoms with Gasteiger partial charge in [0.25, 0.3) is 5.91 Å². The molecule has 0 radical (unpaired) electrons. The highest BCUT2D eigenvalue weighted by atomic mass is 16.1. The van der Waals surface area contributed by atoms with Crippen molar-refractivity contribution in [3.63, 3.8) is 0 Å². The molecular weight excluding hydrogens is 402 g/mol. The molecule has 0 aliphatic heterocycles. The molecule has 0 unspecified atom stereocenters. The molecule has 2 aromatic carbocycles. The largest absolute Gasteiger partial charge is 0.384 e. The number of aromatic amines is 2. The van der Waals surface area contributed by atoms with E-state index >= 15 is 0 Å². The van der Waals surface area contributed by atoms with Gasteiger partial charge in [0.15, 0.2) is 0 Å². The predicted molar refractivity (Wildman–Crippen MR) is 128 cm³/mol. The molecule has 0 bridgehead atoms. The van der Waals surface area contributed by atoms with Crippen LogP contribution < -0.4 is 16.0 Å². The van der Waals surface area contributed by atoms with Gasteiger partial charge in [-0.15, -0.1) is 0 Å². The zero-order valence-corrected chi connectivity index (χ0v) is 17.8. The standard InChI is InChI=1S/C24H23N7O/c1-31(2)17-5-3-14(4-6-17)10-28-24(32)19-8-15(7-16-11-29-30-23(16)19)20-12-26-21-13-27-22(25)9-18(20)21/h3-9,11-13,26H,10H2,1-2H3,(H2,25,27)(H,28,32)(H,29,30). The number of aromatic nitrogens is 4. The summed E-state index contributed by atoms with van der Waals surface area (Å²) in [4.78, 5) is 22.5. The van der Waals surface area contributed by atoms with Gasteiger partial charge < -0.3 is 20.9 Å². The van der Waals surface area contributed by atoms with Gasteiger partial charge in [0, 0.05) is 48.9 Å². The fourth-order valence-corrected chi connectivity index (χ4v) is 3.86. The maximum atomic E-state index is 13.1. The Bertz CT molecular complexity index is 1430. The lowest BCUT2D eigenvalue weighted by Crippen LogP contribution is -2.23. The normalized spacial score (nSPS) is 11.2. The number of carbonyl (C=O) groups excluding carboxylic acids is 1. The van der Waals surface area contributed by atoms with Crippen molar-refractivity contribution in [2.75, 3.05) is 24.7 Å². The van der Waals surface area contributed by atoms with Crippen molar-refractivity contribution in [3.05, 3.63) is 72.2 Å². The van der Waals surface area contributed by atoms with Crippen molar-refractivity contribution in [3.8, 4) is 11.1 Å². The quantitative estimate of drug-likeness (QED) is 0.343. The highest BCUT2D eigenvalue weighted by Gasteiger charge is 2.16. The number of nitrogens with two attached hydrogens (primary N) is 1. The highest BCUT2D eigenvalue weighted by molar-refractivity contribution is 6.08. The number of amides is 1. The second kappa shape index (κ2) is 7.73. The molecule has 5 rings (SSSR count). The van der Waals surface area contributed by atoms with E-state index in [0.717, 1.165) is 38.7 Å². The lowest BCUT2D eigenvalue weighted by Gasteiger charge is -2.13. The van der Waals surface area contributed by atoms with E-state index in [1.165, 1.54) is 0 Å². The van der Waals surface area contributed by atoms with Gasteiger partial charge in [0.2, 0.25) is 0 Å². The zero-order valence-electron chi connectivity index (χ0n) is 17.8. The van der Waals surface area contributed by atoms with Crippen molar-refractivity contribution >= 4 is 39.2 Å². The lowest BCUT2D eigenvalue weighted by atomic mass is 10.00. The second-order valence-corrected chi connectivity index (χ2v) is 7.96. The van der Waals surface area contributed by atoms with Crippen LogP contribution in [-0.2, 0) is 6.54 Å². The number of carbonyl (C=O) groups is 1. The van der Waals surface area contributed by atoms with Crippen LogP contribution in [0, 0.1) is 0 Å².